The lowest BCUT2D eigenvalue weighted by atomic mass is 10.0. The molecule has 0 saturated carbocycles. The number of hydrogen-bond acceptors (Lipinski definition) is 4. The number of aliphatic hydroxyl groups excluding tert-OH is 2. The molecule has 0 aromatic heterocycles. The Morgan fingerprint density at radius 2 is 1.67 bits per heavy atom. The Hall–Kier alpha value is -0.940. The number of hydrogen-bond donors (Lipinski definition) is 2. The zero-order chi connectivity index (χ0) is 13.5. The fourth-order valence-corrected chi connectivity index (χ4v) is 2.02. The van der Waals surface area contributed by atoms with Gasteiger partial charge in [0, 0.05) is 13.1 Å². The van der Waals surface area contributed by atoms with Gasteiger partial charge in [-0.3, -0.25) is 4.90 Å². The molecule has 1 rings (SSSR count). The minimum absolute atomic E-state index is 0.170. The van der Waals surface area contributed by atoms with Gasteiger partial charge in [-0.25, -0.2) is 0 Å². The highest BCUT2D eigenvalue weighted by atomic mass is 16.3. The summed E-state index contributed by atoms with van der Waals surface area (Å²) in [5.74, 6) is 0. The van der Waals surface area contributed by atoms with Gasteiger partial charge in [-0.2, -0.15) is 0 Å². The van der Waals surface area contributed by atoms with E-state index >= 15 is 0 Å². The summed E-state index contributed by atoms with van der Waals surface area (Å²) in [6.07, 6.45) is -0.764. The maximum absolute atomic E-state index is 10.0. The number of rotatable bonds is 7. The van der Waals surface area contributed by atoms with Gasteiger partial charge >= 0.3 is 0 Å². The molecule has 1 aromatic rings. The molecule has 0 saturated heterocycles. The Morgan fingerprint density at radius 1 is 1.06 bits per heavy atom. The number of benzene rings is 1. The minimum atomic E-state index is -0.764. The molecule has 2 N–H and O–H groups in total. The Labute approximate surface area is 109 Å². The number of aliphatic hydroxyl groups is 2. The van der Waals surface area contributed by atoms with Crippen LogP contribution in [0.4, 0.5) is 0 Å². The summed E-state index contributed by atoms with van der Waals surface area (Å²) in [4.78, 5) is 4.18. The lowest BCUT2D eigenvalue weighted by Crippen LogP contribution is -2.39. The highest BCUT2D eigenvalue weighted by Gasteiger charge is 2.24. The zero-order valence-corrected chi connectivity index (χ0v) is 11.5. The SMILES string of the molecule is CN(C)CCN(C)[C@H](c1ccccc1)[C@@H](O)CO. The monoisotopic (exact) mass is 252 g/mol. The molecule has 2 atom stereocenters. The van der Waals surface area contributed by atoms with Gasteiger partial charge in [-0.1, -0.05) is 30.3 Å². The molecule has 0 aliphatic heterocycles. The van der Waals surface area contributed by atoms with E-state index in [4.69, 9.17) is 0 Å². The van der Waals surface area contributed by atoms with Crippen LogP contribution in [-0.2, 0) is 0 Å². The first-order valence-corrected chi connectivity index (χ1v) is 6.25. The van der Waals surface area contributed by atoms with Crippen LogP contribution in [0.5, 0.6) is 0 Å². The second kappa shape index (κ2) is 7.48. The summed E-state index contributed by atoms with van der Waals surface area (Å²) in [7, 11) is 6.02. The fourth-order valence-electron chi connectivity index (χ4n) is 2.02. The Bertz CT molecular complexity index is 330. The maximum atomic E-state index is 10.0. The minimum Gasteiger partial charge on any atom is -0.394 e. The van der Waals surface area contributed by atoms with E-state index in [1.54, 1.807) is 0 Å². The van der Waals surface area contributed by atoms with Crippen LogP contribution in [0.1, 0.15) is 11.6 Å². The molecule has 18 heavy (non-hydrogen) atoms. The van der Waals surface area contributed by atoms with Gasteiger partial charge in [0.15, 0.2) is 0 Å². The molecule has 0 aliphatic carbocycles. The molecule has 0 amide bonds. The van der Waals surface area contributed by atoms with Gasteiger partial charge in [0.2, 0.25) is 0 Å². The molecule has 0 unspecified atom stereocenters. The Kier molecular flexibility index (Phi) is 6.29. The van der Waals surface area contributed by atoms with Gasteiger partial charge in [0.1, 0.15) is 0 Å². The predicted octanol–water partition coefficient (Wildman–Crippen LogP) is 0.574. The molecule has 4 nitrogen and oxygen atoms in total. The van der Waals surface area contributed by atoms with E-state index in [0.29, 0.717) is 0 Å². The smallest absolute Gasteiger partial charge is 0.0967 e. The second-order valence-corrected chi connectivity index (χ2v) is 4.89. The lowest BCUT2D eigenvalue weighted by molar-refractivity contribution is 0.0175. The normalized spacial score (nSPS) is 15.1. The van der Waals surface area contributed by atoms with E-state index in [0.717, 1.165) is 18.7 Å². The van der Waals surface area contributed by atoms with Crippen LogP contribution in [0, 0.1) is 0 Å². The fraction of sp³-hybridized carbons (Fsp3) is 0.571. The van der Waals surface area contributed by atoms with E-state index in [-0.39, 0.29) is 12.6 Å². The van der Waals surface area contributed by atoms with Crippen molar-refractivity contribution in [2.75, 3.05) is 40.8 Å². The van der Waals surface area contributed by atoms with Crippen LogP contribution in [0.2, 0.25) is 0 Å². The van der Waals surface area contributed by atoms with Gasteiger partial charge in [0.05, 0.1) is 18.8 Å². The summed E-state index contributed by atoms with van der Waals surface area (Å²) >= 11 is 0. The molecule has 0 spiro atoms. The van der Waals surface area contributed by atoms with Crippen molar-refractivity contribution in [2.45, 2.75) is 12.1 Å². The first kappa shape index (κ1) is 15.1. The lowest BCUT2D eigenvalue weighted by Gasteiger charge is -2.32. The molecule has 0 radical (unpaired) electrons. The predicted molar refractivity (Wildman–Crippen MR) is 73.5 cm³/mol. The van der Waals surface area contributed by atoms with Crippen molar-refractivity contribution in [1.29, 1.82) is 0 Å². The number of likely N-dealkylation sites (N-methyl/N-ethyl adjacent to an activating group) is 2. The third-order valence-corrected chi connectivity index (χ3v) is 3.07. The average molecular weight is 252 g/mol. The molecule has 0 aliphatic rings. The maximum Gasteiger partial charge on any atom is 0.0967 e. The molecule has 4 heteroatoms. The van der Waals surface area contributed by atoms with Crippen LogP contribution in [0.25, 0.3) is 0 Å². The molecule has 0 fully saturated rings. The van der Waals surface area contributed by atoms with Crippen LogP contribution in [-0.4, -0.2) is 67.0 Å². The molecule has 0 bridgehead atoms. The average Bonchev–Trinajstić information content (AvgIpc) is 2.37. The Balaban J connectivity index is 2.78. The summed E-state index contributed by atoms with van der Waals surface area (Å²) in [6, 6.07) is 9.64. The largest absolute Gasteiger partial charge is 0.394 e. The van der Waals surface area contributed by atoms with Gasteiger partial charge in [0.25, 0.3) is 0 Å². The van der Waals surface area contributed by atoms with Crippen molar-refractivity contribution in [2.24, 2.45) is 0 Å². The highest BCUT2D eigenvalue weighted by Crippen LogP contribution is 2.22. The van der Waals surface area contributed by atoms with E-state index in [1.807, 2.05) is 51.5 Å². The molecule has 102 valence electrons. The first-order chi connectivity index (χ1) is 8.56. The van der Waals surface area contributed by atoms with Crippen molar-refractivity contribution >= 4 is 0 Å². The quantitative estimate of drug-likeness (QED) is 0.745. The van der Waals surface area contributed by atoms with E-state index < -0.39 is 6.10 Å². The summed E-state index contributed by atoms with van der Waals surface area (Å²) < 4.78 is 0. The van der Waals surface area contributed by atoms with Crippen LogP contribution >= 0.6 is 0 Å². The van der Waals surface area contributed by atoms with Crippen molar-refractivity contribution in [3.8, 4) is 0 Å². The van der Waals surface area contributed by atoms with Crippen LogP contribution in [0.15, 0.2) is 30.3 Å². The van der Waals surface area contributed by atoms with E-state index in [1.165, 1.54) is 0 Å². The van der Waals surface area contributed by atoms with E-state index in [9.17, 15) is 10.2 Å². The first-order valence-electron chi connectivity index (χ1n) is 6.25. The molecule has 0 heterocycles. The van der Waals surface area contributed by atoms with Crippen molar-refractivity contribution < 1.29 is 10.2 Å². The standard InChI is InChI=1S/C14H24N2O2/c1-15(2)9-10-16(3)14(13(18)11-17)12-7-5-4-6-8-12/h4-8,13-14,17-18H,9-11H2,1-3H3/t13-,14+/m0/s1. The Morgan fingerprint density at radius 3 is 2.17 bits per heavy atom. The van der Waals surface area contributed by atoms with Crippen molar-refractivity contribution in [1.82, 2.24) is 9.80 Å². The van der Waals surface area contributed by atoms with Gasteiger partial charge < -0.3 is 15.1 Å². The third-order valence-electron chi connectivity index (χ3n) is 3.07. The molecular formula is C14H24N2O2. The van der Waals surface area contributed by atoms with Crippen molar-refractivity contribution in [3.05, 3.63) is 35.9 Å². The van der Waals surface area contributed by atoms with Gasteiger partial charge in [-0.15, -0.1) is 0 Å². The van der Waals surface area contributed by atoms with E-state index in [2.05, 4.69) is 9.80 Å². The third kappa shape index (κ3) is 4.38. The van der Waals surface area contributed by atoms with Crippen molar-refractivity contribution in [3.63, 3.8) is 0 Å². The van der Waals surface area contributed by atoms with Crippen LogP contribution < -0.4 is 0 Å². The zero-order valence-electron chi connectivity index (χ0n) is 11.5. The highest BCUT2D eigenvalue weighted by molar-refractivity contribution is 5.20. The topological polar surface area (TPSA) is 46.9 Å². The summed E-state index contributed by atoms with van der Waals surface area (Å²) in [5.41, 5.74) is 1.03. The molecular weight excluding hydrogens is 228 g/mol. The van der Waals surface area contributed by atoms with Crippen LogP contribution in [0.3, 0.4) is 0 Å². The number of nitrogens with zero attached hydrogens (tertiary/aromatic N) is 2. The summed E-state index contributed by atoms with van der Waals surface area (Å²) in [5, 5.41) is 19.2. The van der Waals surface area contributed by atoms with Gasteiger partial charge in [-0.05, 0) is 26.7 Å². The summed E-state index contributed by atoms with van der Waals surface area (Å²) in [6.45, 7) is 1.52. The second-order valence-electron chi connectivity index (χ2n) is 4.89. The molecule has 1 aromatic carbocycles.